The first-order chi connectivity index (χ1) is 12.3. The first-order valence-electron chi connectivity index (χ1n) is 9.73. The van der Waals surface area contributed by atoms with Crippen LogP contribution in [-0.2, 0) is 0 Å². The van der Waals surface area contributed by atoms with Gasteiger partial charge >= 0.3 is 5.97 Å². The zero-order valence-electron chi connectivity index (χ0n) is 16.5. The molecule has 0 spiro atoms. The van der Waals surface area contributed by atoms with E-state index >= 15 is 0 Å². The minimum Gasteiger partial charge on any atom is -0.477 e. The third-order valence-electron chi connectivity index (χ3n) is 5.27. The third kappa shape index (κ3) is 6.22. The molecule has 150 valence electrons. The molecular weight excluding hydrogens is 356 g/mol. The monoisotopic (exact) mass is 389 g/mol. The Morgan fingerprint density at radius 3 is 2.54 bits per heavy atom. The second kappa shape index (κ2) is 10.9. The smallest absolute Gasteiger partial charge is 0.348 e. The van der Waals surface area contributed by atoms with Gasteiger partial charge in [-0.2, -0.15) is 0 Å². The summed E-state index contributed by atoms with van der Waals surface area (Å²) < 4.78 is 25.9. The van der Waals surface area contributed by atoms with E-state index in [0.717, 1.165) is 19.3 Å². The summed E-state index contributed by atoms with van der Waals surface area (Å²) in [5.41, 5.74) is 0.352. The molecule has 0 bridgehead atoms. The predicted molar refractivity (Wildman–Crippen MR) is 106 cm³/mol. The van der Waals surface area contributed by atoms with Crippen LogP contribution >= 0.6 is 11.3 Å². The second-order valence-corrected chi connectivity index (χ2v) is 8.22. The molecule has 0 radical (unpaired) electrons. The molecule has 2 rings (SSSR count). The molecule has 6 heteroatoms. The Kier molecular flexibility index (Phi) is 9.55. The van der Waals surface area contributed by atoms with Crippen LogP contribution in [0, 0.1) is 17.8 Å². The van der Waals surface area contributed by atoms with Crippen molar-refractivity contribution in [2.45, 2.75) is 79.2 Å². The van der Waals surface area contributed by atoms with E-state index in [4.69, 9.17) is 0 Å². The van der Waals surface area contributed by atoms with Crippen molar-refractivity contribution >= 4 is 23.0 Å². The van der Waals surface area contributed by atoms with Crippen LogP contribution in [0.3, 0.4) is 0 Å². The number of carboxylic acids is 1. The van der Waals surface area contributed by atoms with Gasteiger partial charge in [0.2, 0.25) is 0 Å². The zero-order valence-corrected chi connectivity index (χ0v) is 17.3. The molecule has 1 aliphatic carbocycles. The molecule has 0 aliphatic heterocycles. The molecule has 1 aliphatic rings. The number of carbonyl (C=O) groups is 1. The highest BCUT2D eigenvalue weighted by atomic mass is 32.1. The highest BCUT2D eigenvalue weighted by Crippen LogP contribution is 2.38. The molecule has 26 heavy (non-hydrogen) atoms. The second-order valence-electron chi connectivity index (χ2n) is 7.14. The lowest BCUT2D eigenvalue weighted by molar-refractivity contribution is 0.0703. The largest absolute Gasteiger partial charge is 0.477 e. The summed E-state index contributed by atoms with van der Waals surface area (Å²) >= 11 is 0.670. The minimum absolute atomic E-state index is 0.0118. The molecule has 0 amide bonds. The number of halogens is 2. The number of alkyl halides is 2. The summed E-state index contributed by atoms with van der Waals surface area (Å²) in [6.07, 6.45) is 2.77. The molecule has 0 aromatic carbocycles. The van der Waals surface area contributed by atoms with Crippen molar-refractivity contribution in [2.24, 2.45) is 17.8 Å². The molecule has 1 aromatic rings. The van der Waals surface area contributed by atoms with Gasteiger partial charge in [-0.15, -0.1) is 11.3 Å². The Hall–Kier alpha value is -1.17. The number of rotatable bonds is 6. The summed E-state index contributed by atoms with van der Waals surface area (Å²) in [6.45, 7) is 10.7. The highest BCUT2D eigenvalue weighted by Gasteiger charge is 2.28. The van der Waals surface area contributed by atoms with E-state index in [9.17, 15) is 18.7 Å². The molecule has 1 saturated carbocycles. The topological polar surface area (TPSA) is 49.3 Å². The summed E-state index contributed by atoms with van der Waals surface area (Å²) in [6, 6.07) is 1.45. The van der Waals surface area contributed by atoms with Crippen molar-refractivity contribution in [3.8, 4) is 0 Å². The van der Waals surface area contributed by atoms with Gasteiger partial charge in [0, 0.05) is 6.04 Å². The number of nitrogens with one attached hydrogen (secondary N) is 1. The Balaban J connectivity index is 0.00000163. The van der Waals surface area contributed by atoms with Crippen molar-refractivity contribution in [3.63, 3.8) is 0 Å². The molecule has 1 fully saturated rings. The first-order valence-corrected chi connectivity index (χ1v) is 10.5. The Morgan fingerprint density at radius 2 is 2.00 bits per heavy atom. The average molecular weight is 390 g/mol. The van der Waals surface area contributed by atoms with Gasteiger partial charge in [0.25, 0.3) is 6.43 Å². The van der Waals surface area contributed by atoms with E-state index in [1.165, 1.54) is 18.9 Å². The molecule has 2 N–H and O–H groups in total. The number of hydrogen-bond donors (Lipinski definition) is 2. The van der Waals surface area contributed by atoms with Crippen LogP contribution in [0.25, 0.3) is 0 Å². The van der Waals surface area contributed by atoms with Crippen LogP contribution in [-0.4, -0.2) is 17.1 Å². The Bertz CT molecular complexity index is 562. The summed E-state index contributed by atoms with van der Waals surface area (Å²) in [5, 5.41) is 12.6. The Labute approximate surface area is 160 Å². The van der Waals surface area contributed by atoms with E-state index in [-0.39, 0.29) is 15.8 Å². The average Bonchev–Trinajstić information content (AvgIpc) is 2.94. The SMILES string of the molecule is CC.CCC(C)C1CCC(C)CC(Nc2cc(C(F)F)sc2C(=O)O)C1. The number of anilines is 1. The van der Waals surface area contributed by atoms with Gasteiger partial charge in [-0.1, -0.05) is 47.5 Å². The van der Waals surface area contributed by atoms with E-state index in [0.29, 0.717) is 34.8 Å². The molecule has 4 unspecified atom stereocenters. The van der Waals surface area contributed by atoms with Gasteiger partial charge in [-0.25, -0.2) is 13.6 Å². The Morgan fingerprint density at radius 1 is 1.35 bits per heavy atom. The van der Waals surface area contributed by atoms with Gasteiger partial charge in [-0.3, -0.25) is 0 Å². The molecule has 3 nitrogen and oxygen atoms in total. The van der Waals surface area contributed by atoms with Crippen LogP contribution in [0.4, 0.5) is 14.5 Å². The number of hydrogen-bond acceptors (Lipinski definition) is 3. The lowest BCUT2D eigenvalue weighted by Gasteiger charge is -2.26. The molecule has 1 heterocycles. The van der Waals surface area contributed by atoms with Crippen LogP contribution in [0.2, 0.25) is 0 Å². The maximum absolute atomic E-state index is 12.9. The van der Waals surface area contributed by atoms with Gasteiger partial charge < -0.3 is 10.4 Å². The molecule has 0 saturated heterocycles. The normalized spacial score (nSPS) is 24.4. The molecule has 1 aromatic heterocycles. The minimum atomic E-state index is -2.63. The number of carboxylic acid groups (broad SMARTS) is 1. The summed E-state index contributed by atoms with van der Waals surface area (Å²) in [4.78, 5) is 11.2. The quantitative estimate of drug-likeness (QED) is 0.512. The van der Waals surface area contributed by atoms with Gasteiger partial charge in [0.15, 0.2) is 0 Å². The number of aromatic carboxylic acids is 1. The van der Waals surface area contributed by atoms with Crippen molar-refractivity contribution in [1.82, 2.24) is 0 Å². The summed E-state index contributed by atoms with van der Waals surface area (Å²) in [5.74, 6) is 0.629. The predicted octanol–water partition coefficient (Wildman–Crippen LogP) is 7.06. The van der Waals surface area contributed by atoms with Crippen LogP contribution in [0.1, 0.15) is 87.7 Å². The standard InChI is InChI=1S/C18H27F2NO2S.C2H6/c1-4-11(3)12-6-5-10(2)7-13(8-12)21-14-9-15(17(19)20)24-16(14)18(22)23;1-2/h9-13,17,21H,4-8H2,1-3H3,(H,22,23);1-2H3. The van der Waals surface area contributed by atoms with E-state index < -0.39 is 12.4 Å². The fraction of sp³-hybridized carbons (Fsp3) is 0.750. The van der Waals surface area contributed by atoms with Gasteiger partial charge in [0.05, 0.1) is 10.6 Å². The van der Waals surface area contributed by atoms with Crippen LogP contribution in [0.15, 0.2) is 6.07 Å². The fourth-order valence-corrected chi connectivity index (χ4v) is 4.47. The maximum Gasteiger partial charge on any atom is 0.348 e. The highest BCUT2D eigenvalue weighted by molar-refractivity contribution is 7.14. The molecule has 4 atom stereocenters. The lowest BCUT2D eigenvalue weighted by atomic mass is 9.84. The van der Waals surface area contributed by atoms with E-state index in [1.807, 2.05) is 13.8 Å². The van der Waals surface area contributed by atoms with Crippen LogP contribution < -0.4 is 5.32 Å². The van der Waals surface area contributed by atoms with E-state index in [1.54, 1.807) is 0 Å². The number of thiophene rings is 1. The van der Waals surface area contributed by atoms with Crippen molar-refractivity contribution in [1.29, 1.82) is 0 Å². The fourth-order valence-electron chi connectivity index (χ4n) is 3.65. The van der Waals surface area contributed by atoms with Crippen molar-refractivity contribution in [2.75, 3.05) is 5.32 Å². The van der Waals surface area contributed by atoms with Gasteiger partial charge in [-0.05, 0) is 43.1 Å². The zero-order chi connectivity index (χ0) is 19.9. The van der Waals surface area contributed by atoms with Crippen molar-refractivity contribution < 1.29 is 18.7 Å². The third-order valence-corrected chi connectivity index (χ3v) is 6.40. The molecular formula is C20H33F2NO2S. The lowest BCUT2D eigenvalue weighted by Crippen LogP contribution is -2.25. The van der Waals surface area contributed by atoms with E-state index in [2.05, 4.69) is 26.1 Å². The van der Waals surface area contributed by atoms with Gasteiger partial charge in [0.1, 0.15) is 4.88 Å². The first kappa shape index (κ1) is 22.9. The summed E-state index contributed by atoms with van der Waals surface area (Å²) in [7, 11) is 0. The van der Waals surface area contributed by atoms with Crippen LogP contribution in [0.5, 0.6) is 0 Å². The maximum atomic E-state index is 12.9. The van der Waals surface area contributed by atoms with Crippen molar-refractivity contribution in [3.05, 3.63) is 15.8 Å².